The molecule has 1 aromatic heterocycles. The molecule has 0 saturated carbocycles. The van der Waals surface area contributed by atoms with Gasteiger partial charge in [-0.3, -0.25) is 9.59 Å². The lowest BCUT2D eigenvalue weighted by molar-refractivity contribution is -0.128. The highest BCUT2D eigenvalue weighted by Crippen LogP contribution is 2.05. The van der Waals surface area contributed by atoms with Crippen LogP contribution in [0.5, 0.6) is 0 Å². The number of nitrogens with zero attached hydrogens (tertiary/aromatic N) is 2. The first-order valence-corrected chi connectivity index (χ1v) is 6.54. The zero-order chi connectivity index (χ0) is 14.5. The number of hydrogen-bond acceptors (Lipinski definition) is 4. The molecule has 0 saturated heterocycles. The van der Waals surface area contributed by atoms with Crippen molar-refractivity contribution in [2.75, 3.05) is 20.1 Å². The summed E-state index contributed by atoms with van der Waals surface area (Å²) in [5.41, 5.74) is 0.495. The zero-order valence-corrected chi connectivity index (χ0v) is 11.6. The van der Waals surface area contributed by atoms with Crippen molar-refractivity contribution in [3.05, 3.63) is 40.4 Å². The van der Waals surface area contributed by atoms with Crippen LogP contribution in [0.15, 0.2) is 29.1 Å². The van der Waals surface area contributed by atoms with Crippen LogP contribution in [-0.4, -0.2) is 40.9 Å². The van der Waals surface area contributed by atoms with Gasteiger partial charge in [0.05, 0.1) is 24.0 Å². The first kappa shape index (κ1) is 14.2. The second kappa shape index (κ2) is 6.29. The van der Waals surface area contributed by atoms with Gasteiger partial charge in [0.15, 0.2) is 0 Å². The van der Waals surface area contributed by atoms with Gasteiger partial charge in [-0.15, -0.1) is 0 Å². The summed E-state index contributed by atoms with van der Waals surface area (Å²) < 4.78 is 0. The highest BCUT2D eigenvalue weighted by Gasteiger charge is 2.07. The minimum absolute atomic E-state index is 0.00985. The number of H-pyrrole nitrogens is 1. The van der Waals surface area contributed by atoms with E-state index in [0.717, 1.165) is 0 Å². The second-order valence-electron chi connectivity index (χ2n) is 4.54. The maximum absolute atomic E-state index is 11.9. The van der Waals surface area contributed by atoms with Gasteiger partial charge in [-0.05, 0) is 19.1 Å². The van der Waals surface area contributed by atoms with Gasteiger partial charge in [0.1, 0.15) is 5.82 Å². The van der Waals surface area contributed by atoms with E-state index in [9.17, 15) is 9.59 Å². The molecule has 0 radical (unpaired) electrons. The number of amides is 1. The molecule has 2 aromatic rings. The third-order valence-corrected chi connectivity index (χ3v) is 3.13. The van der Waals surface area contributed by atoms with Crippen molar-refractivity contribution in [1.82, 2.24) is 20.2 Å². The van der Waals surface area contributed by atoms with Crippen molar-refractivity contribution < 1.29 is 4.79 Å². The Labute approximate surface area is 116 Å². The molecule has 106 valence electrons. The fourth-order valence-electron chi connectivity index (χ4n) is 1.82. The molecule has 6 heteroatoms. The summed E-state index contributed by atoms with van der Waals surface area (Å²) in [7, 11) is 1.75. The summed E-state index contributed by atoms with van der Waals surface area (Å²) in [6.07, 6.45) is 0. The number of hydrogen-bond donors (Lipinski definition) is 2. The minimum atomic E-state index is -0.163. The predicted octanol–water partition coefficient (Wildman–Crippen LogP) is 0.491. The van der Waals surface area contributed by atoms with Crippen LogP contribution in [0.1, 0.15) is 12.7 Å². The van der Waals surface area contributed by atoms with Gasteiger partial charge in [0, 0.05) is 13.6 Å². The Hall–Kier alpha value is -2.21. The summed E-state index contributed by atoms with van der Waals surface area (Å²) in [5.74, 6) is 0.538. The van der Waals surface area contributed by atoms with Crippen LogP contribution < -0.4 is 10.9 Å². The molecule has 2 rings (SSSR count). The number of benzene rings is 1. The van der Waals surface area contributed by atoms with E-state index in [0.29, 0.717) is 29.8 Å². The zero-order valence-electron chi connectivity index (χ0n) is 11.6. The molecule has 1 amide bonds. The summed E-state index contributed by atoms with van der Waals surface area (Å²) in [6, 6.07) is 7.17. The van der Waals surface area contributed by atoms with Crippen molar-refractivity contribution >= 4 is 16.8 Å². The summed E-state index contributed by atoms with van der Waals surface area (Å²) in [4.78, 5) is 32.2. The van der Waals surface area contributed by atoms with E-state index in [1.54, 1.807) is 30.1 Å². The van der Waals surface area contributed by atoms with Crippen LogP contribution in [0.3, 0.4) is 0 Å². The van der Waals surface area contributed by atoms with E-state index < -0.39 is 0 Å². The van der Waals surface area contributed by atoms with Gasteiger partial charge < -0.3 is 15.2 Å². The van der Waals surface area contributed by atoms with Crippen molar-refractivity contribution in [3.63, 3.8) is 0 Å². The third-order valence-electron chi connectivity index (χ3n) is 3.13. The van der Waals surface area contributed by atoms with Gasteiger partial charge in [0.2, 0.25) is 5.91 Å². The number of carbonyl (C=O) groups is 1. The Balaban J connectivity index is 2.04. The molecular formula is C14H18N4O2. The van der Waals surface area contributed by atoms with Gasteiger partial charge in [-0.1, -0.05) is 12.1 Å². The average Bonchev–Trinajstić information content (AvgIpc) is 2.46. The molecule has 1 heterocycles. The molecular weight excluding hydrogens is 256 g/mol. The number of para-hydroxylation sites is 1. The Morgan fingerprint density at radius 2 is 2.15 bits per heavy atom. The van der Waals surface area contributed by atoms with Crippen molar-refractivity contribution in [3.8, 4) is 0 Å². The van der Waals surface area contributed by atoms with E-state index in [4.69, 9.17) is 0 Å². The molecule has 0 unspecified atom stereocenters. The van der Waals surface area contributed by atoms with Gasteiger partial charge in [-0.25, -0.2) is 4.98 Å². The standard InChI is InChI=1S/C14H18N4O2/c1-3-18(2)13(19)9-15-8-12-16-11-7-5-4-6-10(11)14(20)17-12/h4-7,15H,3,8-9H2,1-2H3,(H,16,17,20). The smallest absolute Gasteiger partial charge is 0.258 e. The maximum atomic E-state index is 11.9. The molecule has 20 heavy (non-hydrogen) atoms. The molecule has 0 atom stereocenters. The summed E-state index contributed by atoms with van der Waals surface area (Å²) in [5, 5.41) is 3.55. The monoisotopic (exact) mass is 274 g/mol. The molecule has 0 aliphatic carbocycles. The molecule has 1 aromatic carbocycles. The Kier molecular flexibility index (Phi) is 4.47. The van der Waals surface area contributed by atoms with E-state index in [1.807, 2.05) is 13.0 Å². The van der Waals surface area contributed by atoms with Crippen LogP contribution in [0.4, 0.5) is 0 Å². The number of likely N-dealkylation sites (N-methyl/N-ethyl adjacent to an activating group) is 1. The second-order valence-corrected chi connectivity index (χ2v) is 4.54. The number of aromatic amines is 1. The van der Waals surface area contributed by atoms with Gasteiger partial charge in [-0.2, -0.15) is 0 Å². The van der Waals surface area contributed by atoms with Gasteiger partial charge >= 0.3 is 0 Å². The first-order valence-electron chi connectivity index (χ1n) is 6.54. The van der Waals surface area contributed by atoms with E-state index in [-0.39, 0.29) is 18.0 Å². The first-order chi connectivity index (χ1) is 9.61. The number of fused-ring (bicyclic) bond motifs is 1. The molecule has 0 aliphatic heterocycles. The van der Waals surface area contributed by atoms with E-state index in [2.05, 4.69) is 15.3 Å². The fourth-order valence-corrected chi connectivity index (χ4v) is 1.82. The Bertz CT molecular complexity index is 666. The summed E-state index contributed by atoms with van der Waals surface area (Å²) in [6.45, 7) is 3.16. The Morgan fingerprint density at radius 1 is 1.40 bits per heavy atom. The SMILES string of the molecule is CCN(C)C(=O)CNCc1nc2ccccc2c(=O)[nH]1. The lowest BCUT2D eigenvalue weighted by atomic mass is 10.2. The van der Waals surface area contributed by atoms with Crippen LogP contribution in [0, 0.1) is 0 Å². The van der Waals surface area contributed by atoms with E-state index >= 15 is 0 Å². The average molecular weight is 274 g/mol. The van der Waals surface area contributed by atoms with Crippen molar-refractivity contribution in [2.24, 2.45) is 0 Å². The molecule has 0 bridgehead atoms. The molecule has 0 spiro atoms. The molecule has 0 aliphatic rings. The van der Waals surface area contributed by atoms with E-state index in [1.165, 1.54) is 0 Å². The van der Waals surface area contributed by atoms with Crippen LogP contribution >= 0.6 is 0 Å². The molecule has 6 nitrogen and oxygen atoms in total. The topological polar surface area (TPSA) is 78.1 Å². The quantitative estimate of drug-likeness (QED) is 0.832. The Morgan fingerprint density at radius 3 is 2.90 bits per heavy atom. The number of aromatic nitrogens is 2. The number of rotatable bonds is 5. The van der Waals surface area contributed by atoms with Crippen molar-refractivity contribution in [2.45, 2.75) is 13.5 Å². The van der Waals surface area contributed by atoms with Crippen LogP contribution in [-0.2, 0) is 11.3 Å². The van der Waals surface area contributed by atoms with Crippen LogP contribution in [0.2, 0.25) is 0 Å². The maximum Gasteiger partial charge on any atom is 0.258 e. The van der Waals surface area contributed by atoms with Gasteiger partial charge in [0.25, 0.3) is 5.56 Å². The van der Waals surface area contributed by atoms with Crippen molar-refractivity contribution in [1.29, 1.82) is 0 Å². The summed E-state index contributed by atoms with van der Waals surface area (Å²) >= 11 is 0. The number of carbonyl (C=O) groups excluding carboxylic acids is 1. The highest BCUT2D eigenvalue weighted by molar-refractivity contribution is 5.78. The minimum Gasteiger partial charge on any atom is -0.345 e. The lowest BCUT2D eigenvalue weighted by Crippen LogP contribution is -2.35. The lowest BCUT2D eigenvalue weighted by Gasteiger charge is -2.14. The largest absolute Gasteiger partial charge is 0.345 e. The predicted molar refractivity (Wildman–Crippen MR) is 77.4 cm³/mol. The molecule has 0 fully saturated rings. The molecule has 2 N–H and O–H groups in total. The third kappa shape index (κ3) is 3.21. The fraction of sp³-hybridized carbons (Fsp3) is 0.357. The highest BCUT2D eigenvalue weighted by atomic mass is 16.2. The van der Waals surface area contributed by atoms with Crippen LogP contribution in [0.25, 0.3) is 10.9 Å². The number of nitrogens with one attached hydrogen (secondary N) is 2. The normalized spacial score (nSPS) is 10.7.